The first kappa shape index (κ1) is 14.8. The van der Waals surface area contributed by atoms with Crippen molar-refractivity contribution < 1.29 is 27.9 Å². The number of aliphatic carboxylic acids is 1. The van der Waals surface area contributed by atoms with Crippen LogP contribution in [-0.4, -0.2) is 56.6 Å². The lowest BCUT2D eigenvalue weighted by Gasteiger charge is -2.22. The molecule has 0 saturated carbocycles. The molecule has 21 heavy (non-hydrogen) atoms. The normalized spacial score (nSPS) is 11.6. The molecule has 0 saturated heterocycles. The number of carboxylic acid groups (broad SMARTS) is 1. The third-order valence-corrected chi connectivity index (χ3v) is 2.55. The van der Waals surface area contributed by atoms with Crippen LogP contribution >= 0.6 is 0 Å². The molecule has 0 aliphatic rings. The van der Waals surface area contributed by atoms with Crippen LogP contribution in [0.1, 0.15) is 10.4 Å². The number of hydrogen-bond acceptors (Lipinski definition) is 4. The van der Waals surface area contributed by atoms with Gasteiger partial charge >= 0.3 is 12.1 Å². The zero-order valence-electron chi connectivity index (χ0n) is 10.4. The van der Waals surface area contributed by atoms with Crippen LogP contribution < -0.4 is 0 Å². The number of carboxylic acids is 1. The molecule has 2 aromatic rings. The Hall–Kier alpha value is -2.65. The van der Waals surface area contributed by atoms with Crippen LogP contribution in [0.15, 0.2) is 18.2 Å². The van der Waals surface area contributed by atoms with Crippen molar-refractivity contribution in [3.8, 4) is 0 Å². The number of hydrogen-bond donors (Lipinski definition) is 2. The molecule has 0 fully saturated rings. The molecule has 1 aromatic carbocycles. The molecule has 10 heteroatoms. The van der Waals surface area contributed by atoms with Crippen molar-refractivity contribution >= 4 is 22.9 Å². The van der Waals surface area contributed by atoms with E-state index in [1.165, 1.54) is 18.2 Å². The summed E-state index contributed by atoms with van der Waals surface area (Å²) in [5.74, 6) is -2.57. The molecule has 2 rings (SSSR count). The van der Waals surface area contributed by atoms with Gasteiger partial charge in [0.15, 0.2) is 0 Å². The molecule has 0 unspecified atom stereocenters. The third kappa shape index (κ3) is 3.68. The fraction of sp³-hybridized carbons (Fsp3) is 0.273. The molecule has 1 aromatic heterocycles. The van der Waals surface area contributed by atoms with Crippen LogP contribution in [0.25, 0.3) is 11.0 Å². The number of aromatic amines is 1. The number of carbonyl (C=O) groups excluding carboxylic acids is 1. The number of amides is 1. The third-order valence-electron chi connectivity index (χ3n) is 2.55. The number of alkyl halides is 3. The monoisotopic (exact) mass is 302 g/mol. The Morgan fingerprint density at radius 1 is 1.24 bits per heavy atom. The SMILES string of the molecule is O=C(O)CN(CC(F)(F)F)C(=O)c1ccc2n[nH]nc2c1. The zero-order valence-corrected chi connectivity index (χ0v) is 10.4. The molecule has 0 aliphatic carbocycles. The second-order valence-corrected chi connectivity index (χ2v) is 4.20. The molecule has 0 aliphatic heterocycles. The Morgan fingerprint density at radius 2 is 1.90 bits per heavy atom. The van der Waals surface area contributed by atoms with Gasteiger partial charge in [0.25, 0.3) is 5.91 Å². The molecule has 1 heterocycles. The highest BCUT2D eigenvalue weighted by molar-refractivity contribution is 5.98. The number of nitrogens with zero attached hydrogens (tertiary/aromatic N) is 3. The maximum absolute atomic E-state index is 12.4. The van der Waals surface area contributed by atoms with E-state index in [9.17, 15) is 22.8 Å². The standard InChI is InChI=1S/C11H9F3N4O3/c12-11(13,14)5-18(4-9(19)20)10(21)6-1-2-7-8(3-6)16-17-15-7/h1-3H,4-5H2,(H,19,20)(H,15,16,17). The van der Waals surface area contributed by atoms with Gasteiger partial charge in [0, 0.05) is 5.56 Å². The highest BCUT2D eigenvalue weighted by Crippen LogP contribution is 2.19. The Balaban J connectivity index is 2.29. The molecule has 0 bridgehead atoms. The van der Waals surface area contributed by atoms with E-state index in [1.807, 2.05) is 0 Å². The summed E-state index contributed by atoms with van der Waals surface area (Å²) in [6.07, 6.45) is -4.69. The second-order valence-electron chi connectivity index (χ2n) is 4.20. The number of nitrogens with one attached hydrogen (secondary N) is 1. The van der Waals surface area contributed by atoms with E-state index in [-0.39, 0.29) is 10.5 Å². The summed E-state index contributed by atoms with van der Waals surface area (Å²) < 4.78 is 37.3. The Morgan fingerprint density at radius 3 is 2.52 bits per heavy atom. The second kappa shape index (κ2) is 5.38. The number of rotatable bonds is 4. The summed E-state index contributed by atoms with van der Waals surface area (Å²) in [4.78, 5) is 22.9. The molecule has 0 atom stereocenters. The maximum Gasteiger partial charge on any atom is 0.406 e. The minimum Gasteiger partial charge on any atom is -0.480 e. The van der Waals surface area contributed by atoms with E-state index in [0.29, 0.717) is 11.0 Å². The van der Waals surface area contributed by atoms with E-state index in [2.05, 4.69) is 15.4 Å². The molecule has 112 valence electrons. The lowest BCUT2D eigenvalue weighted by Crippen LogP contribution is -2.42. The van der Waals surface area contributed by atoms with Crippen LogP contribution in [0.3, 0.4) is 0 Å². The van der Waals surface area contributed by atoms with Gasteiger partial charge in [0.2, 0.25) is 0 Å². The number of benzene rings is 1. The quantitative estimate of drug-likeness (QED) is 0.879. The van der Waals surface area contributed by atoms with Gasteiger partial charge in [-0.3, -0.25) is 9.59 Å². The van der Waals surface area contributed by atoms with Crippen molar-refractivity contribution in [2.75, 3.05) is 13.1 Å². The summed E-state index contributed by atoms with van der Waals surface area (Å²) in [5, 5.41) is 18.4. The van der Waals surface area contributed by atoms with Gasteiger partial charge in [-0.25, -0.2) is 0 Å². The van der Waals surface area contributed by atoms with Gasteiger partial charge in [0.05, 0.1) is 0 Å². The smallest absolute Gasteiger partial charge is 0.406 e. The minimum absolute atomic E-state index is 0.0955. The summed E-state index contributed by atoms with van der Waals surface area (Å²) in [6, 6.07) is 3.91. The Bertz CT molecular complexity index is 683. The number of halogens is 3. The van der Waals surface area contributed by atoms with E-state index >= 15 is 0 Å². The van der Waals surface area contributed by atoms with Crippen molar-refractivity contribution in [2.24, 2.45) is 0 Å². The Labute approximate surface area is 115 Å². The minimum atomic E-state index is -4.69. The number of carbonyl (C=O) groups is 2. The molecule has 7 nitrogen and oxygen atoms in total. The van der Waals surface area contributed by atoms with E-state index < -0.39 is 31.1 Å². The van der Waals surface area contributed by atoms with Crippen LogP contribution in [0, 0.1) is 0 Å². The predicted molar refractivity (Wildman–Crippen MR) is 63.5 cm³/mol. The largest absolute Gasteiger partial charge is 0.480 e. The lowest BCUT2D eigenvalue weighted by atomic mass is 10.1. The average Bonchev–Trinajstić information content (AvgIpc) is 2.81. The van der Waals surface area contributed by atoms with Crippen molar-refractivity contribution in [3.05, 3.63) is 23.8 Å². The van der Waals surface area contributed by atoms with Crippen molar-refractivity contribution in [1.82, 2.24) is 20.3 Å². The lowest BCUT2D eigenvalue weighted by molar-refractivity contribution is -0.149. The molecule has 0 radical (unpaired) electrons. The molecule has 2 N–H and O–H groups in total. The van der Waals surface area contributed by atoms with Crippen LogP contribution in [0.2, 0.25) is 0 Å². The summed E-state index contributed by atoms with van der Waals surface area (Å²) >= 11 is 0. The maximum atomic E-state index is 12.4. The Kier molecular flexibility index (Phi) is 3.78. The predicted octanol–water partition coefficient (Wildman–Crippen LogP) is 1.05. The average molecular weight is 302 g/mol. The van der Waals surface area contributed by atoms with Crippen LogP contribution in [0.4, 0.5) is 13.2 Å². The summed E-state index contributed by atoms with van der Waals surface area (Å²) in [6.45, 7) is -2.69. The summed E-state index contributed by atoms with van der Waals surface area (Å²) in [5.41, 5.74) is 0.636. The van der Waals surface area contributed by atoms with E-state index in [0.717, 1.165) is 0 Å². The van der Waals surface area contributed by atoms with Gasteiger partial charge in [-0.15, -0.1) is 0 Å². The van der Waals surface area contributed by atoms with Crippen LogP contribution in [-0.2, 0) is 4.79 Å². The van der Waals surface area contributed by atoms with Gasteiger partial charge in [-0.2, -0.15) is 28.6 Å². The highest BCUT2D eigenvalue weighted by atomic mass is 19.4. The molecule has 0 spiro atoms. The van der Waals surface area contributed by atoms with Crippen LogP contribution in [0.5, 0.6) is 0 Å². The van der Waals surface area contributed by atoms with Gasteiger partial charge in [-0.05, 0) is 18.2 Å². The first-order valence-corrected chi connectivity index (χ1v) is 5.64. The van der Waals surface area contributed by atoms with Crippen molar-refractivity contribution in [1.29, 1.82) is 0 Å². The molecule has 1 amide bonds. The zero-order chi connectivity index (χ0) is 15.6. The fourth-order valence-electron chi connectivity index (χ4n) is 1.74. The highest BCUT2D eigenvalue weighted by Gasteiger charge is 2.34. The van der Waals surface area contributed by atoms with E-state index in [4.69, 9.17) is 5.11 Å². The number of H-pyrrole nitrogens is 1. The molecular weight excluding hydrogens is 293 g/mol. The van der Waals surface area contributed by atoms with Crippen molar-refractivity contribution in [2.45, 2.75) is 6.18 Å². The topological polar surface area (TPSA) is 99.2 Å². The van der Waals surface area contributed by atoms with Gasteiger partial charge in [-0.1, -0.05) is 0 Å². The number of fused-ring (bicyclic) bond motifs is 1. The summed E-state index contributed by atoms with van der Waals surface area (Å²) in [7, 11) is 0. The fourth-order valence-corrected chi connectivity index (χ4v) is 1.74. The first-order chi connectivity index (χ1) is 9.76. The number of aromatic nitrogens is 3. The van der Waals surface area contributed by atoms with Crippen molar-refractivity contribution in [3.63, 3.8) is 0 Å². The molecular formula is C11H9F3N4O3. The first-order valence-electron chi connectivity index (χ1n) is 5.64. The van der Waals surface area contributed by atoms with Gasteiger partial charge < -0.3 is 10.0 Å². The van der Waals surface area contributed by atoms with Gasteiger partial charge in [0.1, 0.15) is 24.1 Å². The van der Waals surface area contributed by atoms with E-state index in [1.54, 1.807) is 0 Å².